The van der Waals surface area contributed by atoms with Crippen LogP contribution in [0, 0.1) is 0 Å². The Bertz CT molecular complexity index is 702. The third kappa shape index (κ3) is 2.23. The molecule has 100 valence electrons. The molecule has 0 radical (unpaired) electrons. The number of hydrogen-bond donors (Lipinski definition) is 1. The first-order chi connectivity index (χ1) is 9.78. The molecule has 0 bridgehead atoms. The molecule has 0 spiro atoms. The zero-order chi connectivity index (χ0) is 13.9. The second-order valence-corrected chi connectivity index (χ2v) is 4.44. The number of nitrogen functional groups attached to an aromatic ring is 1. The van der Waals surface area contributed by atoms with Crippen molar-refractivity contribution < 1.29 is 4.74 Å². The molecular formula is C16H15N3O. The fraction of sp³-hybridized carbons (Fsp3) is 0.0625. The highest BCUT2D eigenvalue weighted by Crippen LogP contribution is 2.25. The molecule has 0 aliphatic heterocycles. The average Bonchev–Trinajstić information content (AvgIpc) is 2.90. The van der Waals surface area contributed by atoms with E-state index in [1.54, 1.807) is 11.8 Å². The van der Waals surface area contributed by atoms with E-state index >= 15 is 0 Å². The van der Waals surface area contributed by atoms with Crippen molar-refractivity contribution in [3.8, 4) is 22.7 Å². The summed E-state index contributed by atoms with van der Waals surface area (Å²) in [6, 6.07) is 17.6. The number of nitrogens with zero attached hydrogens (tertiary/aromatic N) is 2. The first-order valence-corrected chi connectivity index (χ1v) is 6.33. The minimum Gasteiger partial charge on any atom is -0.497 e. The molecule has 2 aromatic carbocycles. The van der Waals surface area contributed by atoms with Gasteiger partial charge in [-0.05, 0) is 24.3 Å². The minimum atomic E-state index is 0.659. The van der Waals surface area contributed by atoms with Gasteiger partial charge >= 0.3 is 0 Å². The lowest BCUT2D eigenvalue weighted by molar-refractivity contribution is 0.414. The normalized spacial score (nSPS) is 10.4. The standard InChI is InChI=1S/C16H15N3O/c1-20-14-9-7-13(8-10-14)19-11-15(17)16(18-19)12-5-3-2-4-6-12/h2-11H,17H2,1H3. The smallest absolute Gasteiger partial charge is 0.119 e. The van der Waals surface area contributed by atoms with Gasteiger partial charge in [-0.25, -0.2) is 4.68 Å². The van der Waals surface area contributed by atoms with Crippen LogP contribution in [-0.4, -0.2) is 16.9 Å². The van der Waals surface area contributed by atoms with E-state index in [4.69, 9.17) is 10.5 Å². The summed E-state index contributed by atoms with van der Waals surface area (Å²) in [6.45, 7) is 0. The fourth-order valence-corrected chi connectivity index (χ4v) is 2.07. The van der Waals surface area contributed by atoms with Crippen LogP contribution in [0.3, 0.4) is 0 Å². The Kier molecular flexibility index (Phi) is 3.13. The van der Waals surface area contributed by atoms with E-state index in [0.717, 1.165) is 22.7 Å². The van der Waals surface area contributed by atoms with E-state index < -0.39 is 0 Å². The maximum atomic E-state index is 6.06. The highest BCUT2D eigenvalue weighted by molar-refractivity contribution is 5.72. The van der Waals surface area contributed by atoms with Crippen LogP contribution in [0.4, 0.5) is 5.69 Å². The Morgan fingerprint density at radius 3 is 2.35 bits per heavy atom. The minimum absolute atomic E-state index is 0.659. The van der Waals surface area contributed by atoms with Crippen molar-refractivity contribution in [3.05, 3.63) is 60.8 Å². The van der Waals surface area contributed by atoms with Crippen LogP contribution >= 0.6 is 0 Å². The number of rotatable bonds is 3. The molecule has 0 amide bonds. The largest absolute Gasteiger partial charge is 0.497 e. The van der Waals surface area contributed by atoms with Gasteiger partial charge in [-0.1, -0.05) is 30.3 Å². The molecule has 2 N–H and O–H groups in total. The SMILES string of the molecule is COc1ccc(-n2cc(N)c(-c3ccccc3)n2)cc1. The Labute approximate surface area is 117 Å². The first-order valence-electron chi connectivity index (χ1n) is 6.33. The van der Waals surface area contributed by atoms with Gasteiger partial charge < -0.3 is 10.5 Å². The van der Waals surface area contributed by atoms with E-state index in [0.29, 0.717) is 5.69 Å². The Hall–Kier alpha value is -2.75. The molecule has 4 nitrogen and oxygen atoms in total. The van der Waals surface area contributed by atoms with E-state index in [1.807, 2.05) is 60.8 Å². The lowest BCUT2D eigenvalue weighted by Gasteiger charge is -2.03. The van der Waals surface area contributed by atoms with Gasteiger partial charge in [0.25, 0.3) is 0 Å². The van der Waals surface area contributed by atoms with E-state index in [-0.39, 0.29) is 0 Å². The van der Waals surface area contributed by atoms with Crippen LogP contribution in [-0.2, 0) is 0 Å². The molecule has 3 rings (SSSR count). The first kappa shape index (κ1) is 12.3. The van der Waals surface area contributed by atoms with Gasteiger partial charge in [0.15, 0.2) is 0 Å². The lowest BCUT2D eigenvalue weighted by atomic mass is 10.1. The molecule has 4 heteroatoms. The number of aromatic nitrogens is 2. The third-order valence-corrected chi connectivity index (χ3v) is 3.13. The second-order valence-electron chi connectivity index (χ2n) is 4.44. The summed E-state index contributed by atoms with van der Waals surface area (Å²) in [6.07, 6.45) is 1.82. The molecule has 0 fully saturated rings. The van der Waals surface area contributed by atoms with Crippen LogP contribution < -0.4 is 10.5 Å². The van der Waals surface area contributed by atoms with Crippen molar-refractivity contribution in [1.82, 2.24) is 9.78 Å². The molecule has 0 aliphatic rings. The van der Waals surface area contributed by atoms with E-state index in [9.17, 15) is 0 Å². The maximum absolute atomic E-state index is 6.06. The van der Waals surface area contributed by atoms with Crippen LogP contribution in [0.2, 0.25) is 0 Å². The molecule has 3 aromatic rings. The highest BCUT2D eigenvalue weighted by Gasteiger charge is 2.09. The van der Waals surface area contributed by atoms with Crippen molar-refractivity contribution in [2.45, 2.75) is 0 Å². The summed E-state index contributed by atoms with van der Waals surface area (Å²) in [5, 5.41) is 4.56. The molecule has 20 heavy (non-hydrogen) atoms. The average molecular weight is 265 g/mol. The Morgan fingerprint density at radius 2 is 1.70 bits per heavy atom. The summed E-state index contributed by atoms with van der Waals surface area (Å²) >= 11 is 0. The summed E-state index contributed by atoms with van der Waals surface area (Å²) < 4.78 is 6.92. The van der Waals surface area contributed by atoms with Crippen molar-refractivity contribution in [3.63, 3.8) is 0 Å². The Morgan fingerprint density at radius 1 is 1.00 bits per heavy atom. The lowest BCUT2D eigenvalue weighted by Crippen LogP contribution is -1.94. The number of hydrogen-bond acceptors (Lipinski definition) is 3. The quantitative estimate of drug-likeness (QED) is 0.791. The van der Waals surface area contributed by atoms with Crippen molar-refractivity contribution in [2.75, 3.05) is 12.8 Å². The second kappa shape index (κ2) is 5.09. The Balaban J connectivity index is 2.00. The number of ether oxygens (including phenoxy) is 1. The summed E-state index contributed by atoms with van der Waals surface area (Å²) in [5.74, 6) is 0.817. The molecule has 0 saturated heterocycles. The summed E-state index contributed by atoms with van der Waals surface area (Å²) in [4.78, 5) is 0. The van der Waals surface area contributed by atoms with Gasteiger partial charge in [-0.3, -0.25) is 0 Å². The number of nitrogens with two attached hydrogens (primary N) is 1. The van der Waals surface area contributed by atoms with Crippen LogP contribution in [0.25, 0.3) is 16.9 Å². The van der Waals surface area contributed by atoms with Crippen LogP contribution in [0.15, 0.2) is 60.8 Å². The highest BCUT2D eigenvalue weighted by atomic mass is 16.5. The van der Waals surface area contributed by atoms with Gasteiger partial charge in [-0.2, -0.15) is 5.10 Å². The summed E-state index contributed by atoms with van der Waals surface area (Å²) in [5.41, 5.74) is 9.47. The maximum Gasteiger partial charge on any atom is 0.119 e. The van der Waals surface area contributed by atoms with Gasteiger partial charge in [0.1, 0.15) is 11.4 Å². The number of methoxy groups -OCH3 is 1. The molecule has 0 saturated carbocycles. The molecule has 1 heterocycles. The van der Waals surface area contributed by atoms with Gasteiger partial charge in [-0.15, -0.1) is 0 Å². The van der Waals surface area contributed by atoms with E-state index in [2.05, 4.69) is 5.10 Å². The van der Waals surface area contributed by atoms with Crippen LogP contribution in [0.5, 0.6) is 5.75 Å². The fourth-order valence-electron chi connectivity index (χ4n) is 2.07. The predicted octanol–water partition coefficient (Wildman–Crippen LogP) is 3.13. The van der Waals surface area contributed by atoms with Gasteiger partial charge in [0, 0.05) is 5.56 Å². The zero-order valence-electron chi connectivity index (χ0n) is 11.2. The monoisotopic (exact) mass is 265 g/mol. The molecule has 0 aliphatic carbocycles. The molecule has 0 unspecified atom stereocenters. The van der Waals surface area contributed by atoms with Crippen LogP contribution in [0.1, 0.15) is 0 Å². The third-order valence-electron chi connectivity index (χ3n) is 3.13. The summed E-state index contributed by atoms with van der Waals surface area (Å²) in [7, 11) is 1.65. The number of benzene rings is 2. The topological polar surface area (TPSA) is 53.1 Å². The predicted molar refractivity (Wildman–Crippen MR) is 80.0 cm³/mol. The number of anilines is 1. The molecule has 0 atom stereocenters. The van der Waals surface area contributed by atoms with Crippen molar-refractivity contribution >= 4 is 5.69 Å². The van der Waals surface area contributed by atoms with E-state index in [1.165, 1.54) is 0 Å². The van der Waals surface area contributed by atoms with Crippen molar-refractivity contribution in [2.24, 2.45) is 0 Å². The van der Waals surface area contributed by atoms with Gasteiger partial charge in [0.2, 0.25) is 0 Å². The zero-order valence-corrected chi connectivity index (χ0v) is 11.2. The van der Waals surface area contributed by atoms with Gasteiger partial charge in [0.05, 0.1) is 24.7 Å². The molecule has 1 aromatic heterocycles. The van der Waals surface area contributed by atoms with Crippen molar-refractivity contribution in [1.29, 1.82) is 0 Å². The molecular weight excluding hydrogens is 250 g/mol.